The zero-order valence-corrected chi connectivity index (χ0v) is 16.8. The van der Waals surface area contributed by atoms with Crippen LogP contribution in [0, 0.1) is 0 Å². The van der Waals surface area contributed by atoms with E-state index < -0.39 is 36.1 Å². The van der Waals surface area contributed by atoms with Crippen LogP contribution in [-0.2, 0) is 9.53 Å². The molecule has 0 bridgehead atoms. The molecule has 2 aromatic rings. The number of hydrogen-bond acceptors (Lipinski definition) is 5. The van der Waals surface area contributed by atoms with Crippen molar-refractivity contribution in [3.05, 3.63) is 48.0 Å². The molecule has 1 saturated heterocycles. The summed E-state index contributed by atoms with van der Waals surface area (Å²) in [6.07, 6.45) is -5.83. The summed E-state index contributed by atoms with van der Waals surface area (Å²) in [5.74, 6) is -1.67. The molecule has 2 amide bonds. The van der Waals surface area contributed by atoms with Crippen LogP contribution in [0.1, 0.15) is 23.7 Å². The standard InChI is InChI=1S/C21H19F3N2O6/c1-2-31-19(28)13-5-3-12(4-6-13)15-11-14(7-8-17(15)32-21(22,23)24)25-18(27)16-9-10-26(16)20(29)30/h3-8,11,16H,2,9-10H2,1H3,(H,25,27)(H,29,30)/t16-/m0/s1. The number of esters is 1. The molecule has 2 aromatic carbocycles. The third-order valence-corrected chi connectivity index (χ3v) is 4.75. The Hall–Kier alpha value is -3.76. The van der Waals surface area contributed by atoms with E-state index in [4.69, 9.17) is 9.84 Å². The zero-order chi connectivity index (χ0) is 23.5. The highest BCUT2D eigenvalue weighted by Gasteiger charge is 2.38. The van der Waals surface area contributed by atoms with Crippen molar-refractivity contribution < 1.29 is 42.1 Å². The molecule has 3 rings (SSSR count). The van der Waals surface area contributed by atoms with Crippen molar-refractivity contribution >= 4 is 23.7 Å². The first kappa shape index (κ1) is 22.9. The van der Waals surface area contributed by atoms with Gasteiger partial charge in [-0.2, -0.15) is 0 Å². The number of anilines is 1. The molecule has 1 aliphatic heterocycles. The van der Waals surface area contributed by atoms with Gasteiger partial charge in [0.15, 0.2) is 0 Å². The number of nitrogens with zero attached hydrogens (tertiary/aromatic N) is 1. The van der Waals surface area contributed by atoms with E-state index in [1.165, 1.54) is 36.4 Å². The molecule has 8 nitrogen and oxygen atoms in total. The van der Waals surface area contributed by atoms with Gasteiger partial charge in [0.1, 0.15) is 11.8 Å². The minimum atomic E-state index is -4.95. The van der Waals surface area contributed by atoms with Crippen LogP contribution in [0.25, 0.3) is 11.1 Å². The second-order valence-corrected chi connectivity index (χ2v) is 6.83. The first-order valence-electron chi connectivity index (χ1n) is 9.57. The Morgan fingerprint density at radius 2 is 1.84 bits per heavy atom. The van der Waals surface area contributed by atoms with E-state index in [1.807, 2.05) is 0 Å². The first-order chi connectivity index (χ1) is 15.1. The summed E-state index contributed by atoms with van der Waals surface area (Å²) in [4.78, 5) is 36.2. The summed E-state index contributed by atoms with van der Waals surface area (Å²) >= 11 is 0. The number of nitrogens with one attached hydrogen (secondary N) is 1. The zero-order valence-electron chi connectivity index (χ0n) is 16.8. The number of carbonyl (C=O) groups is 3. The fourth-order valence-electron chi connectivity index (χ4n) is 3.16. The first-order valence-corrected chi connectivity index (χ1v) is 9.57. The number of hydrogen-bond donors (Lipinski definition) is 2. The molecule has 0 saturated carbocycles. The maximum absolute atomic E-state index is 12.9. The van der Waals surface area contributed by atoms with E-state index in [9.17, 15) is 27.6 Å². The van der Waals surface area contributed by atoms with Crippen LogP contribution >= 0.6 is 0 Å². The van der Waals surface area contributed by atoms with Gasteiger partial charge in [-0.3, -0.25) is 9.69 Å². The highest BCUT2D eigenvalue weighted by molar-refractivity contribution is 5.98. The van der Waals surface area contributed by atoms with Crippen molar-refractivity contribution in [1.29, 1.82) is 0 Å². The van der Waals surface area contributed by atoms with Crippen LogP contribution in [0.3, 0.4) is 0 Å². The number of halogens is 3. The molecule has 11 heteroatoms. The van der Waals surface area contributed by atoms with Crippen LogP contribution in [0.5, 0.6) is 5.75 Å². The van der Waals surface area contributed by atoms with Crippen LogP contribution < -0.4 is 10.1 Å². The fraction of sp³-hybridized carbons (Fsp3) is 0.286. The van der Waals surface area contributed by atoms with Crippen LogP contribution in [0.15, 0.2) is 42.5 Å². The SMILES string of the molecule is CCOC(=O)c1ccc(-c2cc(NC(=O)[C@@H]3CCN3C(=O)O)ccc2OC(F)(F)F)cc1. The molecule has 0 aromatic heterocycles. The number of carbonyl (C=O) groups excluding carboxylic acids is 2. The third-order valence-electron chi connectivity index (χ3n) is 4.75. The Kier molecular flexibility index (Phi) is 6.56. The summed E-state index contributed by atoms with van der Waals surface area (Å²) in [6, 6.07) is 8.33. The molecule has 1 heterocycles. The smallest absolute Gasteiger partial charge is 0.465 e. The van der Waals surface area contributed by atoms with Crippen molar-refractivity contribution in [3.63, 3.8) is 0 Å². The lowest BCUT2D eigenvalue weighted by molar-refractivity contribution is -0.274. The summed E-state index contributed by atoms with van der Waals surface area (Å²) in [5.41, 5.74) is 0.687. The lowest BCUT2D eigenvalue weighted by Gasteiger charge is -2.37. The van der Waals surface area contributed by atoms with E-state index in [1.54, 1.807) is 6.92 Å². The molecule has 1 fully saturated rings. The van der Waals surface area contributed by atoms with Gasteiger partial charge in [-0.15, -0.1) is 13.2 Å². The Morgan fingerprint density at radius 3 is 2.38 bits per heavy atom. The highest BCUT2D eigenvalue weighted by atomic mass is 19.4. The van der Waals surface area contributed by atoms with Gasteiger partial charge in [0, 0.05) is 17.8 Å². The molecule has 170 valence electrons. The van der Waals surface area contributed by atoms with Crippen molar-refractivity contribution in [2.45, 2.75) is 25.7 Å². The van der Waals surface area contributed by atoms with E-state index in [0.29, 0.717) is 12.0 Å². The number of likely N-dealkylation sites (tertiary alicyclic amines) is 1. The maximum atomic E-state index is 12.9. The lowest BCUT2D eigenvalue weighted by atomic mass is 10.0. The number of alkyl halides is 3. The van der Waals surface area contributed by atoms with Crippen LogP contribution in [-0.4, -0.2) is 53.5 Å². The van der Waals surface area contributed by atoms with Crippen molar-refractivity contribution in [2.24, 2.45) is 0 Å². The fourth-order valence-corrected chi connectivity index (χ4v) is 3.16. The van der Waals surface area contributed by atoms with Crippen LogP contribution in [0.4, 0.5) is 23.7 Å². The van der Waals surface area contributed by atoms with Gasteiger partial charge in [-0.05, 0) is 49.2 Å². The predicted octanol–water partition coefficient (Wildman–Crippen LogP) is 4.12. The highest BCUT2D eigenvalue weighted by Crippen LogP contribution is 2.36. The molecule has 0 unspecified atom stereocenters. The Labute approximate surface area is 180 Å². The van der Waals surface area contributed by atoms with Crippen molar-refractivity contribution in [3.8, 4) is 16.9 Å². The third kappa shape index (κ3) is 5.29. The van der Waals surface area contributed by atoms with Gasteiger partial charge in [0.05, 0.1) is 12.2 Å². The summed E-state index contributed by atoms with van der Waals surface area (Å²) in [7, 11) is 0. The maximum Gasteiger partial charge on any atom is 0.573 e. The Morgan fingerprint density at radius 1 is 1.16 bits per heavy atom. The normalized spacial score (nSPS) is 15.5. The minimum Gasteiger partial charge on any atom is -0.465 e. The molecule has 1 atom stereocenters. The minimum absolute atomic E-state index is 0.0132. The molecular formula is C21H19F3N2O6. The van der Waals surface area contributed by atoms with Crippen LogP contribution in [0.2, 0.25) is 0 Å². The lowest BCUT2D eigenvalue weighted by Crippen LogP contribution is -2.56. The molecule has 32 heavy (non-hydrogen) atoms. The summed E-state index contributed by atoms with van der Waals surface area (Å²) in [5, 5.41) is 11.6. The number of ether oxygens (including phenoxy) is 2. The molecule has 1 aliphatic rings. The van der Waals surface area contributed by atoms with Gasteiger partial charge < -0.3 is 19.9 Å². The van der Waals surface area contributed by atoms with Gasteiger partial charge >= 0.3 is 18.4 Å². The van der Waals surface area contributed by atoms with E-state index in [-0.39, 0.29) is 30.0 Å². The molecule has 0 radical (unpaired) electrons. The van der Waals surface area contributed by atoms with Crippen molar-refractivity contribution in [1.82, 2.24) is 4.90 Å². The molecule has 0 spiro atoms. The van der Waals surface area contributed by atoms with Gasteiger partial charge in [0.2, 0.25) is 5.91 Å². The topological polar surface area (TPSA) is 105 Å². The summed E-state index contributed by atoms with van der Waals surface area (Å²) in [6.45, 7) is 2.04. The molecule has 2 N–H and O–H groups in total. The number of benzene rings is 2. The van der Waals surface area contributed by atoms with E-state index in [0.717, 1.165) is 11.0 Å². The second kappa shape index (κ2) is 9.16. The monoisotopic (exact) mass is 452 g/mol. The molecular weight excluding hydrogens is 433 g/mol. The van der Waals surface area contributed by atoms with Gasteiger partial charge in [0.25, 0.3) is 0 Å². The average Bonchev–Trinajstić information content (AvgIpc) is 2.67. The number of rotatable bonds is 6. The largest absolute Gasteiger partial charge is 0.573 e. The van der Waals surface area contributed by atoms with Crippen molar-refractivity contribution in [2.75, 3.05) is 18.5 Å². The predicted molar refractivity (Wildman–Crippen MR) is 106 cm³/mol. The summed E-state index contributed by atoms with van der Waals surface area (Å²) < 4.78 is 47.6. The average molecular weight is 452 g/mol. The Bertz CT molecular complexity index is 1020. The Balaban J connectivity index is 1.89. The number of carboxylic acid groups (broad SMARTS) is 1. The quantitative estimate of drug-likeness (QED) is 0.639. The number of amides is 2. The second-order valence-electron chi connectivity index (χ2n) is 6.83. The van der Waals surface area contributed by atoms with Gasteiger partial charge in [-0.1, -0.05) is 12.1 Å². The van der Waals surface area contributed by atoms with E-state index >= 15 is 0 Å². The van der Waals surface area contributed by atoms with Gasteiger partial charge in [-0.25, -0.2) is 9.59 Å². The van der Waals surface area contributed by atoms with E-state index in [2.05, 4.69) is 10.1 Å². The molecule has 0 aliphatic carbocycles.